The molecule has 31 heavy (non-hydrogen) atoms. The fourth-order valence-electron chi connectivity index (χ4n) is 3.80. The van der Waals surface area contributed by atoms with Crippen molar-refractivity contribution in [3.8, 4) is 0 Å². The van der Waals surface area contributed by atoms with Crippen LogP contribution in [0.3, 0.4) is 0 Å². The number of aromatic nitrogens is 3. The molecular weight excluding hydrogens is 380 g/mol. The summed E-state index contributed by atoms with van der Waals surface area (Å²) in [5.41, 5.74) is 8.02. The molecule has 3 aromatic rings. The molecule has 0 aliphatic carbocycles. The third kappa shape index (κ3) is 6.16. The van der Waals surface area contributed by atoms with Crippen LogP contribution in [0.1, 0.15) is 96.5 Å². The summed E-state index contributed by atoms with van der Waals surface area (Å²) in [5, 5.41) is 0. The van der Waals surface area contributed by atoms with Gasteiger partial charge in [-0.25, -0.2) is 0 Å². The number of nitrogens with one attached hydrogen (secondary N) is 3. The molecule has 3 rings (SSSR count). The Labute approximate surface area is 188 Å². The van der Waals surface area contributed by atoms with E-state index in [2.05, 4.69) is 119 Å². The first-order valence-electron chi connectivity index (χ1n) is 11.5. The second-order valence-electron chi connectivity index (χ2n) is 12.1. The zero-order valence-corrected chi connectivity index (χ0v) is 21.0. The fourth-order valence-corrected chi connectivity index (χ4v) is 3.80. The molecule has 0 radical (unpaired) electrons. The summed E-state index contributed by atoms with van der Waals surface area (Å²) in [6, 6.07) is 13.4. The van der Waals surface area contributed by atoms with E-state index in [9.17, 15) is 0 Å². The summed E-state index contributed by atoms with van der Waals surface area (Å²) in [5.74, 6) is 0. The maximum absolute atomic E-state index is 3.65. The average Bonchev–Trinajstić information content (AvgIpc) is 3.32. The molecule has 170 valence electrons. The summed E-state index contributed by atoms with van der Waals surface area (Å²) < 4.78 is 0. The first-order chi connectivity index (χ1) is 14.2. The standard InChI is InChI=1S/C27H42N4/c1-25(2,3)22-13-10-19(28-22)16-31(17-20-11-14-23(29-20)26(4,5)6)18-21-12-15-24(30-21)27(7,8)9/h10-15,28-30H,16-18H2,1-9H3. The molecule has 3 aromatic heterocycles. The molecule has 0 aliphatic heterocycles. The lowest BCUT2D eigenvalue weighted by atomic mass is 9.93. The van der Waals surface area contributed by atoms with Crippen molar-refractivity contribution in [1.29, 1.82) is 0 Å². The molecule has 0 unspecified atom stereocenters. The van der Waals surface area contributed by atoms with Crippen LogP contribution in [0.4, 0.5) is 0 Å². The third-order valence-corrected chi connectivity index (χ3v) is 5.85. The van der Waals surface area contributed by atoms with Gasteiger partial charge in [0.2, 0.25) is 0 Å². The highest BCUT2D eigenvalue weighted by molar-refractivity contribution is 5.23. The molecule has 0 amide bonds. The van der Waals surface area contributed by atoms with E-state index in [0.717, 1.165) is 19.6 Å². The molecule has 0 atom stereocenters. The summed E-state index contributed by atoms with van der Waals surface area (Å²) >= 11 is 0. The lowest BCUT2D eigenvalue weighted by molar-refractivity contribution is 0.239. The maximum Gasteiger partial charge on any atom is 0.0393 e. The number of hydrogen-bond donors (Lipinski definition) is 3. The number of rotatable bonds is 6. The first-order valence-corrected chi connectivity index (χ1v) is 11.5. The Hall–Kier alpha value is -2.20. The van der Waals surface area contributed by atoms with Crippen molar-refractivity contribution < 1.29 is 0 Å². The monoisotopic (exact) mass is 422 g/mol. The molecule has 0 spiro atoms. The van der Waals surface area contributed by atoms with Crippen molar-refractivity contribution in [3.63, 3.8) is 0 Å². The van der Waals surface area contributed by atoms with Crippen molar-refractivity contribution >= 4 is 0 Å². The van der Waals surface area contributed by atoms with Crippen LogP contribution in [0.25, 0.3) is 0 Å². The Morgan fingerprint density at radius 3 is 0.935 bits per heavy atom. The van der Waals surface area contributed by atoms with E-state index in [1.54, 1.807) is 0 Å². The number of hydrogen-bond acceptors (Lipinski definition) is 1. The highest BCUT2D eigenvalue weighted by Gasteiger charge is 2.20. The summed E-state index contributed by atoms with van der Waals surface area (Å²) in [6.07, 6.45) is 0. The molecule has 0 saturated heterocycles. The predicted molar refractivity (Wildman–Crippen MR) is 131 cm³/mol. The lowest BCUT2D eigenvalue weighted by Gasteiger charge is -2.22. The Bertz CT molecular complexity index is 851. The fraction of sp³-hybridized carbons (Fsp3) is 0.556. The van der Waals surface area contributed by atoms with Crippen LogP contribution in [-0.4, -0.2) is 19.9 Å². The Morgan fingerprint density at radius 2 is 0.742 bits per heavy atom. The average molecular weight is 423 g/mol. The van der Waals surface area contributed by atoms with Crippen molar-refractivity contribution in [1.82, 2.24) is 19.9 Å². The van der Waals surface area contributed by atoms with Crippen LogP contribution in [0.2, 0.25) is 0 Å². The van der Waals surface area contributed by atoms with E-state index >= 15 is 0 Å². The molecule has 0 saturated carbocycles. The van der Waals surface area contributed by atoms with Gasteiger partial charge in [0, 0.05) is 70.0 Å². The SMILES string of the molecule is CC(C)(C)c1ccc(CN(Cc2ccc(C(C)(C)C)[nH]2)Cc2ccc(C(C)(C)C)[nH]2)[nH]1. The van der Waals surface area contributed by atoms with Gasteiger partial charge in [-0.1, -0.05) is 62.3 Å². The van der Waals surface area contributed by atoms with Gasteiger partial charge in [0.1, 0.15) is 0 Å². The summed E-state index contributed by atoms with van der Waals surface area (Å²) in [6.45, 7) is 22.9. The van der Waals surface area contributed by atoms with E-state index in [1.165, 1.54) is 34.2 Å². The van der Waals surface area contributed by atoms with Crippen molar-refractivity contribution in [2.75, 3.05) is 0 Å². The van der Waals surface area contributed by atoms with Crippen molar-refractivity contribution in [2.24, 2.45) is 0 Å². The lowest BCUT2D eigenvalue weighted by Crippen LogP contribution is -2.24. The topological polar surface area (TPSA) is 50.6 Å². The normalized spacial score (nSPS) is 13.4. The molecule has 0 aliphatic rings. The van der Waals surface area contributed by atoms with Crippen molar-refractivity contribution in [3.05, 3.63) is 70.6 Å². The van der Waals surface area contributed by atoms with Crippen LogP contribution >= 0.6 is 0 Å². The summed E-state index contributed by atoms with van der Waals surface area (Å²) in [4.78, 5) is 13.5. The minimum absolute atomic E-state index is 0.130. The third-order valence-electron chi connectivity index (χ3n) is 5.85. The first kappa shape index (κ1) is 23.5. The Balaban J connectivity index is 1.82. The number of nitrogens with zero attached hydrogens (tertiary/aromatic N) is 1. The van der Waals surface area contributed by atoms with Gasteiger partial charge < -0.3 is 15.0 Å². The van der Waals surface area contributed by atoms with Gasteiger partial charge in [-0.2, -0.15) is 0 Å². The van der Waals surface area contributed by atoms with Gasteiger partial charge >= 0.3 is 0 Å². The maximum atomic E-state index is 3.65. The van der Waals surface area contributed by atoms with Gasteiger partial charge in [0.25, 0.3) is 0 Å². The van der Waals surface area contributed by atoms with E-state index in [0.29, 0.717) is 0 Å². The minimum Gasteiger partial charge on any atom is -0.361 e. The van der Waals surface area contributed by atoms with Gasteiger partial charge in [0.15, 0.2) is 0 Å². The predicted octanol–water partition coefficient (Wildman–Crippen LogP) is 6.77. The molecule has 4 heteroatoms. The molecule has 4 nitrogen and oxygen atoms in total. The number of aromatic amines is 3. The zero-order chi connectivity index (χ0) is 23.0. The Kier molecular flexibility index (Phi) is 6.35. The van der Waals surface area contributed by atoms with E-state index < -0.39 is 0 Å². The van der Waals surface area contributed by atoms with Crippen LogP contribution < -0.4 is 0 Å². The van der Waals surface area contributed by atoms with Crippen LogP contribution in [0.15, 0.2) is 36.4 Å². The van der Waals surface area contributed by atoms with E-state index in [4.69, 9.17) is 0 Å². The molecular formula is C27H42N4. The number of H-pyrrole nitrogens is 3. The second-order valence-corrected chi connectivity index (χ2v) is 12.1. The van der Waals surface area contributed by atoms with E-state index in [1.807, 2.05) is 0 Å². The molecule has 3 N–H and O–H groups in total. The quantitative estimate of drug-likeness (QED) is 0.403. The van der Waals surface area contributed by atoms with Gasteiger partial charge in [-0.15, -0.1) is 0 Å². The van der Waals surface area contributed by atoms with Gasteiger partial charge in [-0.3, -0.25) is 4.90 Å². The molecule has 0 fully saturated rings. The van der Waals surface area contributed by atoms with Crippen LogP contribution in [-0.2, 0) is 35.9 Å². The highest BCUT2D eigenvalue weighted by atomic mass is 15.1. The van der Waals surface area contributed by atoms with Gasteiger partial charge in [0.05, 0.1) is 0 Å². The largest absolute Gasteiger partial charge is 0.361 e. The zero-order valence-electron chi connectivity index (χ0n) is 21.0. The second kappa shape index (κ2) is 8.38. The molecule has 3 heterocycles. The molecule has 0 aromatic carbocycles. The smallest absolute Gasteiger partial charge is 0.0393 e. The Morgan fingerprint density at radius 1 is 0.484 bits per heavy atom. The van der Waals surface area contributed by atoms with Gasteiger partial charge in [-0.05, 0) is 36.4 Å². The summed E-state index contributed by atoms with van der Waals surface area (Å²) in [7, 11) is 0. The van der Waals surface area contributed by atoms with Crippen LogP contribution in [0, 0.1) is 0 Å². The highest BCUT2D eigenvalue weighted by Crippen LogP contribution is 2.25. The van der Waals surface area contributed by atoms with Crippen molar-refractivity contribution in [2.45, 2.75) is 98.2 Å². The van der Waals surface area contributed by atoms with Crippen LogP contribution in [0.5, 0.6) is 0 Å². The minimum atomic E-state index is 0.130. The van der Waals surface area contributed by atoms with E-state index in [-0.39, 0.29) is 16.2 Å². The molecule has 0 bridgehead atoms.